The molecule has 1 aromatic carbocycles. The fourth-order valence-electron chi connectivity index (χ4n) is 2.84. The Bertz CT molecular complexity index is 941. The molecule has 4 rings (SSSR count). The summed E-state index contributed by atoms with van der Waals surface area (Å²) in [7, 11) is 0. The number of alkyl halides is 2. The summed E-state index contributed by atoms with van der Waals surface area (Å²) in [5.41, 5.74) is 1.03. The van der Waals surface area contributed by atoms with Crippen LogP contribution >= 0.6 is 11.6 Å². The van der Waals surface area contributed by atoms with Crippen LogP contribution < -0.4 is 0 Å². The molecule has 1 fully saturated rings. The molecule has 0 radical (unpaired) electrons. The summed E-state index contributed by atoms with van der Waals surface area (Å²) in [6.07, 6.45) is 2.42. The van der Waals surface area contributed by atoms with Gasteiger partial charge in [-0.05, 0) is 30.5 Å². The second kappa shape index (κ2) is 6.35. The molecule has 0 saturated heterocycles. The molecule has 0 unspecified atom stereocenters. The molecule has 9 heteroatoms. The van der Waals surface area contributed by atoms with Gasteiger partial charge >= 0.3 is 6.43 Å². The Hall–Kier alpha value is -2.48. The van der Waals surface area contributed by atoms with Gasteiger partial charge < -0.3 is 4.42 Å². The summed E-state index contributed by atoms with van der Waals surface area (Å²) >= 11 is 5.74. The maximum atomic E-state index is 13.7. The summed E-state index contributed by atoms with van der Waals surface area (Å²) in [5.74, 6) is -0.688. The van der Waals surface area contributed by atoms with E-state index < -0.39 is 18.1 Å². The van der Waals surface area contributed by atoms with E-state index in [1.165, 1.54) is 18.5 Å². The molecule has 5 nitrogen and oxygen atoms in total. The van der Waals surface area contributed by atoms with Crippen LogP contribution in [-0.4, -0.2) is 20.2 Å². The minimum atomic E-state index is -2.83. The molecule has 0 amide bonds. The highest BCUT2D eigenvalue weighted by Crippen LogP contribution is 2.50. The monoisotopic (exact) mass is 380 g/mol. The fourth-order valence-corrected chi connectivity index (χ4v) is 2.96. The van der Waals surface area contributed by atoms with Gasteiger partial charge in [0.05, 0.1) is 10.6 Å². The normalized spacial score (nSPS) is 15.4. The molecule has 0 atom stereocenters. The van der Waals surface area contributed by atoms with E-state index in [-0.39, 0.29) is 16.3 Å². The molecule has 1 aliphatic carbocycles. The largest absolute Gasteiger partial charge is 0.415 e. The third kappa shape index (κ3) is 3.16. The van der Waals surface area contributed by atoms with Crippen LogP contribution in [0.2, 0.25) is 5.02 Å². The molecule has 0 aliphatic heterocycles. The second-order valence-corrected chi connectivity index (χ2v) is 6.63. The molecule has 2 aromatic heterocycles. The highest BCUT2D eigenvalue weighted by Gasteiger charge is 2.45. The first-order valence-electron chi connectivity index (χ1n) is 7.85. The van der Waals surface area contributed by atoms with E-state index in [4.69, 9.17) is 16.0 Å². The van der Waals surface area contributed by atoms with Crippen LogP contribution in [0.25, 0.3) is 11.5 Å². The molecule has 2 heterocycles. The van der Waals surface area contributed by atoms with Crippen molar-refractivity contribution in [1.29, 1.82) is 0 Å². The summed E-state index contributed by atoms with van der Waals surface area (Å²) in [4.78, 5) is 8.51. The number of rotatable bonds is 5. The molecule has 0 spiro atoms. The van der Waals surface area contributed by atoms with E-state index in [9.17, 15) is 13.2 Å². The van der Waals surface area contributed by atoms with Gasteiger partial charge in [-0.15, -0.1) is 10.2 Å². The average Bonchev–Trinajstić information content (AvgIpc) is 3.22. The van der Waals surface area contributed by atoms with Gasteiger partial charge in [0.25, 0.3) is 11.8 Å². The Labute approximate surface area is 151 Å². The van der Waals surface area contributed by atoms with Crippen molar-refractivity contribution in [2.45, 2.75) is 31.1 Å². The average molecular weight is 381 g/mol. The van der Waals surface area contributed by atoms with Crippen LogP contribution in [0.5, 0.6) is 0 Å². The zero-order valence-electron chi connectivity index (χ0n) is 13.3. The van der Waals surface area contributed by atoms with Crippen molar-refractivity contribution in [1.82, 2.24) is 20.2 Å². The van der Waals surface area contributed by atoms with Crippen molar-refractivity contribution < 1.29 is 17.6 Å². The lowest BCUT2D eigenvalue weighted by Crippen LogP contribution is -2.13. The van der Waals surface area contributed by atoms with Gasteiger partial charge in [-0.3, -0.25) is 0 Å². The maximum Gasteiger partial charge on any atom is 0.314 e. The minimum absolute atomic E-state index is 0.0623. The first-order chi connectivity index (χ1) is 12.5. The molecule has 0 bridgehead atoms. The standard InChI is InChI=1S/C17H12ClF3N4O/c18-11-2-1-10(5-12(11)19)17(3-4-17)6-13-22-7-9(8-23-13)15-24-25-16(26-15)14(20)21/h1-2,5,7-8,14H,3-4,6H2. The lowest BCUT2D eigenvalue weighted by Gasteiger charge is -2.15. The predicted octanol–water partition coefficient (Wildman–Crippen LogP) is 4.53. The van der Waals surface area contributed by atoms with Crippen LogP contribution in [0.4, 0.5) is 13.2 Å². The van der Waals surface area contributed by atoms with E-state index in [1.807, 2.05) is 6.07 Å². The van der Waals surface area contributed by atoms with Gasteiger partial charge in [0.2, 0.25) is 0 Å². The molecule has 26 heavy (non-hydrogen) atoms. The van der Waals surface area contributed by atoms with Gasteiger partial charge in [-0.25, -0.2) is 14.4 Å². The van der Waals surface area contributed by atoms with Gasteiger partial charge in [-0.1, -0.05) is 17.7 Å². The highest BCUT2D eigenvalue weighted by atomic mass is 35.5. The number of benzene rings is 1. The minimum Gasteiger partial charge on any atom is -0.415 e. The second-order valence-electron chi connectivity index (χ2n) is 6.22. The molecule has 0 N–H and O–H groups in total. The first-order valence-corrected chi connectivity index (χ1v) is 8.23. The van der Waals surface area contributed by atoms with Gasteiger partial charge in [-0.2, -0.15) is 8.78 Å². The summed E-state index contributed by atoms with van der Waals surface area (Å²) < 4.78 is 43.6. The number of hydrogen-bond acceptors (Lipinski definition) is 5. The Morgan fingerprint density at radius 3 is 2.46 bits per heavy atom. The lowest BCUT2D eigenvalue weighted by molar-refractivity contribution is 0.116. The maximum absolute atomic E-state index is 13.7. The lowest BCUT2D eigenvalue weighted by atomic mass is 9.92. The summed E-state index contributed by atoms with van der Waals surface area (Å²) in [5, 5.41) is 6.92. The third-order valence-corrected chi connectivity index (χ3v) is 4.77. The van der Waals surface area contributed by atoms with Gasteiger partial charge in [0, 0.05) is 24.2 Å². The molecule has 134 valence electrons. The van der Waals surface area contributed by atoms with E-state index in [0.717, 1.165) is 18.4 Å². The van der Waals surface area contributed by atoms with E-state index in [1.54, 1.807) is 6.07 Å². The van der Waals surface area contributed by atoms with Crippen molar-refractivity contribution in [2.75, 3.05) is 0 Å². The quantitative estimate of drug-likeness (QED) is 0.650. The molecular formula is C17H12ClF3N4O. The number of nitrogens with zero attached hydrogens (tertiary/aromatic N) is 4. The van der Waals surface area contributed by atoms with Crippen molar-refractivity contribution >= 4 is 11.6 Å². The Morgan fingerprint density at radius 2 is 1.88 bits per heavy atom. The zero-order valence-corrected chi connectivity index (χ0v) is 14.1. The molecular weight excluding hydrogens is 369 g/mol. The van der Waals surface area contributed by atoms with Crippen molar-refractivity contribution in [3.05, 3.63) is 58.7 Å². The van der Waals surface area contributed by atoms with Gasteiger partial charge in [0.15, 0.2) is 0 Å². The van der Waals surface area contributed by atoms with E-state index in [0.29, 0.717) is 17.8 Å². The van der Waals surface area contributed by atoms with Crippen LogP contribution in [0, 0.1) is 5.82 Å². The molecule has 3 aromatic rings. The summed E-state index contributed by atoms with van der Waals surface area (Å²) in [6, 6.07) is 4.82. The summed E-state index contributed by atoms with van der Waals surface area (Å²) in [6.45, 7) is 0. The fraction of sp³-hybridized carbons (Fsp3) is 0.294. The van der Waals surface area contributed by atoms with Crippen LogP contribution in [0.15, 0.2) is 35.0 Å². The van der Waals surface area contributed by atoms with Crippen LogP contribution in [0.1, 0.15) is 36.5 Å². The topological polar surface area (TPSA) is 64.7 Å². The SMILES string of the molecule is Fc1cc(C2(Cc3ncc(-c4nnc(C(F)F)o4)cn3)CC2)ccc1Cl. The number of halogens is 4. The van der Waals surface area contributed by atoms with Crippen molar-refractivity contribution in [3.8, 4) is 11.5 Å². The highest BCUT2D eigenvalue weighted by molar-refractivity contribution is 6.30. The molecule has 1 aliphatic rings. The molecule has 1 saturated carbocycles. The van der Waals surface area contributed by atoms with Gasteiger partial charge in [0.1, 0.15) is 11.6 Å². The Kier molecular flexibility index (Phi) is 4.14. The Balaban J connectivity index is 1.53. The first kappa shape index (κ1) is 17.0. The van der Waals surface area contributed by atoms with Crippen LogP contribution in [-0.2, 0) is 11.8 Å². The third-order valence-electron chi connectivity index (χ3n) is 4.46. The van der Waals surface area contributed by atoms with Crippen molar-refractivity contribution in [3.63, 3.8) is 0 Å². The van der Waals surface area contributed by atoms with Crippen molar-refractivity contribution in [2.24, 2.45) is 0 Å². The van der Waals surface area contributed by atoms with E-state index in [2.05, 4.69) is 20.2 Å². The number of hydrogen-bond donors (Lipinski definition) is 0. The van der Waals surface area contributed by atoms with E-state index >= 15 is 0 Å². The smallest absolute Gasteiger partial charge is 0.314 e. The van der Waals surface area contributed by atoms with Crippen LogP contribution in [0.3, 0.4) is 0 Å². The number of aromatic nitrogens is 4. The predicted molar refractivity (Wildman–Crippen MR) is 86.3 cm³/mol. The zero-order chi connectivity index (χ0) is 18.3. The Morgan fingerprint density at radius 1 is 1.15 bits per heavy atom.